The van der Waals surface area contributed by atoms with Crippen LogP contribution in [0.1, 0.15) is 41.4 Å². The lowest BCUT2D eigenvalue weighted by atomic mass is 9.91. The lowest BCUT2D eigenvalue weighted by Crippen LogP contribution is -1.98. The van der Waals surface area contributed by atoms with Crippen molar-refractivity contribution in [3.8, 4) is 0 Å². The van der Waals surface area contributed by atoms with Gasteiger partial charge in [0, 0.05) is 11.8 Å². The van der Waals surface area contributed by atoms with Crippen molar-refractivity contribution in [2.45, 2.75) is 31.6 Å². The van der Waals surface area contributed by atoms with Crippen LogP contribution in [0.25, 0.3) is 0 Å². The summed E-state index contributed by atoms with van der Waals surface area (Å²) in [4.78, 5) is 11.7. The fourth-order valence-corrected chi connectivity index (χ4v) is 2.79. The molecule has 66 valence electrons. The highest BCUT2D eigenvalue weighted by molar-refractivity contribution is 5.98. The van der Waals surface area contributed by atoms with E-state index in [1.54, 1.807) is 0 Å². The van der Waals surface area contributed by atoms with Crippen molar-refractivity contribution in [1.82, 2.24) is 0 Å². The summed E-state index contributed by atoms with van der Waals surface area (Å²) in [5.41, 5.74) is 3.91. The minimum Gasteiger partial charge on any atom is -0.298 e. The first-order valence-corrected chi connectivity index (χ1v) is 4.91. The molecule has 1 saturated carbocycles. The van der Waals surface area contributed by atoms with E-state index in [9.17, 15) is 4.79 Å². The van der Waals surface area contributed by atoms with E-state index in [0.29, 0.717) is 5.78 Å². The zero-order valence-corrected chi connectivity index (χ0v) is 7.71. The maximum atomic E-state index is 11.7. The minimum absolute atomic E-state index is 0.250. The van der Waals surface area contributed by atoms with E-state index in [1.807, 2.05) is 0 Å². The van der Waals surface area contributed by atoms with Crippen molar-refractivity contribution in [3.63, 3.8) is 0 Å². The molecule has 0 aliphatic heterocycles. The van der Waals surface area contributed by atoms with E-state index in [4.69, 9.17) is 0 Å². The number of carbonyl (C=O) groups is 1. The number of hydrogen-bond donors (Lipinski definition) is 0. The van der Waals surface area contributed by atoms with Crippen molar-refractivity contribution in [1.29, 1.82) is 0 Å². The number of carbonyl (C=O) groups excluding carboxylic acids is 1. The number of aryl methyl sites for hydroxylation is 1. The van der Waals surface area contributed by atoms with Crippen LogP contribution in [0.5, 0.6) is 0 Å². The molecular formula is C12H12O. The third-order valence-electron chi connectivity index (χ3n) is 3.42. The van der Waals surface area contributed by atoms with Gasteiger partial charge in [-0.1, -0.05) is 23.8 Å². The van der Waals surface area contributed by atoms with Crippen molar-refractivity contribution in [3.05, 3.63) is 34.9 Å². The van der Waals surface area contributed by atoms with Crippen LogP contribution in [0.15, 0.2) is 18.2 Å². The summed E-state index contributed by atoms with van der Waals surface area (Å²) >= 11 is 0. The zero-order valence-electron chi connectivity index (χ0n) is 7.71. The summed E-state index contributed by atoms with van der Waals surface area (Å²) in [6.07, 6.45) is 2.17. The molecule has 1 aromatic carbocycles. The first-order valence-electron chi connectivity index (χ1n) is 4.91. The fourth-order valence-electron chi connectivity index (χ4n) is 2.79. The van der Waals surface area contributed by atoms with Gasteiger partial charge in [-0.2, -0.15) is 0 Å². The topological polar surface area (TPSA) is 17.1 Å². The smallest absolute Gasteiger partial charge is 0.147 e. The first-order chi connectivity index (χ1) is 6.27. The molecule has 1 nitrogen and oxygen atoms in total. The van der Waals surface area contributed by atoms with E-state index in [2.05, 4.69) is 25.1 Å². The normalized spacial score (nSPS) is 29.5. The molecule has 0 amide bonds. The number of benzene rings is 1. The molecule has 13 heavy (non-hydrogen) atoms. The summed E-state index contributed by atoms with van der Waals surface area (Å²) < 4.78 is 0. The van der Waals surface area contributed by atoms with E-state index < -0.39 is 0 Å². The standard InChI is InChI=1S/C12H12O/c1-7-2-3-8-9-4-5-10(12(9)13)11(8)6-7/h2-3,6,9-10H,4-5H2,1H3/t9-,10+/m0/s1. The van der Waals surface area contributed by atoms with Gasteiger partial charge < -0.3 is 0 Å². The van der Waals surface area contributed by atoms with Crippen molar-refractivity contribution in [2.75, 3.05) is 0 Å². The second-order valence-corrected chi connectivity index (χ2v) is 4.22. The number of fused-ring (bicyclic) bond motifs is 5. The van der Waals surface area contributed by atoms with Crippen LogP contribution in [0, 0.1) is 6.92 Å². The van der Waals surface area contributed by atoms with Crippen LogP contribution >= 0.6 is 0 Å². The zero-order chi connectivity index (χ0) is 9.00. The molecule has 1 fully saturated rings. The number of Topliss-reactive ketones (excluding diaryl/α,β-unsaturated/α-hetero) is 1. The van der Waals surface area contributed by atoms with Gasteiger partial charge in [0.1, 0.15) is 5.78 Å². The van der Waals surface area contributed by atoms with Crippen LogP contribution < -0.4 is 0 Å². The highest BCUT2D eigenvalue weighted by Crippen LogP contribution is 2.50. The van der Waals surface area contributed by atoms with Gasteiger partial charge in [0.25, 0.3) is 0 Å². The molecule has 2 atom stereocenters. The Balaban J connectivity index is 2.24. The second-order valence-electron chi connectivity index (χ2n) is 4.22. The maximum absolute atomic E-state index is 11.7. The molecule has 3 rings (SSSR count). The Hall–Kier alpha value is -1.11. The number of hydrogen-bond acceptors (Lipinski definition) is 1. The summed E-state index contributed by atoms with van der Waals surface area (Å²) in [7, 11) is 0. The molecule has 2 bridgehead atoms. The predicted octanol–water partition coefficient (Wildman–Crippen LogP) is 2.54. The molecule has 0 aromatic heterocycles. The van der Waals surface area contributed by atoms with Crippen LogP contribution in [0.4, 0.5) is 0 Å². The Kier molecular flexibility index (Phi) is 1.25. The molecule has 0 radical (unpaired) electrons. The lowest BCUT2D eigenvalue weighted by Gasteiger charge is -2.13. The lowest BCUT2D eigenvalue weighted by molar-refractivity contribution is -0.119. The molecule has 2 aliphatic carbocycles. The quantitative estimate of drug-likeness (QED) is 0.587. The highest BCUT2D eigenvalue weighted by atomic mass is 16.1. The Morgan fingerprint density at radius 2 is 1.85 bits per heavy atom. The third kappa shape index (κ3) is 0.796. The summed E-state index contributed by atoms with van der Waals surface area (Å²) in [5.74, 6) is 0.973. The molecule has 0 saturated heterocycles. The van der Waals surface area contributed by atoms with Gasteiger partial charge in [0.15, 0.2) is 0 Å². The molecule has 1 heteroatoms. The third-order valence-corrected chi connectivity index (χ3v) is 3.42. The summed E-state index contributed by atoms with van der Waals surface area (Å²) in [6, 6.07) is 6.45. The molecule has 0 N–H and O–H groups in total. The van der Waals surface area contributed by atoms with Gasteiger partial charge in [-0.15, -0.1) is 0 Å². The Labute approximate surface area is 77.8 Å². The molecule has 0 heterocycles. The van der Waals surface area contributed by atoms with Gasteiger partial charge in [-0.25, -0.2) is 0 Å². The van der Waals surface area contributed by atoms with Crippen LogP contribution in [0.2, 0.25) is 0 Å². The summed E-state index contributed by atoms with van der Waals surface area (Å²) in [6.45, 7) is 2.09. The van der Waals surface area contributed by atoms with Crippen molar-refractivity contribution >= 4 is 5.78 Å². The second kappa shape index (κ2) is 2.22. The van der Waals surface area contributed by atoms with Gasteiger partial charge in [-0.05, 0) is 30.9 Å². The van der Waals surface area contributed by atoms with Crippen molar-refractivity contribution in [2.24, 2.45) is 0 Å². The van der Waals surface area contributed by atoms with Crippen LogP contribution in [0.3, 0.4) is 0 Å². The molecular weight excluding hydrogens is 160 g/mol. The molecule has 1 aromatic rings. The SMILES string of the molecule is Cc1ccc2c(c1)[C@H]1CC[C@@H]2C1=O. The van der Waals surface area contributed by atoms with Gasteiger partial charge >= 0.3 is 0 Å². The number of rotatable bonds is 0. The van der Waals surface area contributed by atoms with E-state index in [1.165, 1.54) is 16.7 Å². The Bertz CT molecular complexity index is 392. The summed E-state index contributed by atoms with van der Waals surface area (Å²) in [5, 5.41) is 0. The average Bonchev–Trinajstić information content (AvgIpc) is 2.59. The molecule has 0 spiro atoms. The molecule has 0 unspecified atom stereocenters. The van der Waals surface area contributed by atoms with Crippen LogP contribution in [-0.2, 0) is 4.79 Å². The predicted molar refractivity (Wildman–Crippen MR) is 50.9 cm³/mol. The average molecular weight is 172 g/mol. The van der Waals surface area contributed by atoms with Crippen LogP contribution in [-0.4, -0.2) is 5.78 Å². The molecule has 2 aliphatic rings. The number of ketones is 1. The van der Waals surface area contributed by atoms with Gasteiger partial charge in [0.05, 0.1) is 0 Å². The Morgan fingerprint density at radius 3 is 2.62 bits per heavy atom. The fraction of sp³-hybridized carbons (Fsp3) is 0.417. The monoisotopic (exact) mass is 172 g/mol. The Morgan fingerprint density at radius 1 is 1.15 bits per heavy atom. The largest absolute Gasteiger partial charge is 0.298 e. The minimum atomic E-state index is 0.250. The van der Waals surface area contributed by atoms with E-state index in [-0.39, 0.29) is 11.8 Å². The van der Waals surface area contributed by atoms with E-state index in [0.717, 1.165) is 12.8 Å². The van der Waals surface area contributed by atoms with Gasteiger partial charge in [0.2, 0.25) is 0 Å². The van der Waals surface area contributed by atoms with E-state index >= 15 is 0 Å². The maximum Gasteiger partial charge on any atom is 0.147 e. The van der Waals surface area contributed by atoms with Crippen molar-refractivity contribution < 1.29 is 4.79 Å². The first kappa shape index (κ1) is 7.31. The highest BCUT2D eigenvalue weighted by Gasteiger charge is 2.44. The van der Waals surface area contributed by atoms with Gasteiger partial charge in [-0.3, -0.25) is 4.79 Å².